The van der Waals surface area contributed by atoms with Crippen LogP contribution in [0.1, 0.15) is 19.3 Å². The number of carbonyl (C=O) groups excluding carboxylic acids is 2. The largest absolute Gasteiger partial charge is 0.468 e. The van der Waals surface area contributed by atoms with Crippen molar-refractivity contribution in [2.45, 2.75) is 19.3 Å². The van der Waals surface area contributed by atoms with E-state index in [0.717, 1.165) is 0 Å². The van der Waals surface area contributed by atoms with Crippen LogP contribution in [0.15, 0.2) is 0 Å². The van der Waals surface area contributed by atoms with Gasteiger partial charge in [-0.1, -0.05) is 19.8 Å². The molecule has 0 aromatic rings. The van der Waals surface area contributed by atoms with Gasteiger partial charge in [-0.05, 0) is 6.42 Å². The molecule has 4 nitrogen and oxygen atoms in total. The Balaban J connectivity index is 4.18. The van der Waals surface area contributed by atoms with Gasteiger partial charge in [0.15, 0.2) is 5.92 Å². The highest BCUT2D eigenvalue weighted by atomic mass is 16.5. The topological polar surface area (TPSA) is 52.6 Å². The molecule has 0 aliphatic rings. The van der Waals surface area contributed by atoms with Crippen molar-refractivity contribution in [1.82, 2.24) is 0 Å². The van der Waals surface area contributed by atoms with Crippen molar-refractivity contribution in [2.24, 2.45) is 5.92 Å². The Morgan fingerprint density at radius 3 is 2.00 bits per heavy atom. The smallest absolute Gasteiger partial charge is 0.320 e. The van der Waals surface area contributed by atoms with Gasteiger partial charge in [-0.3, -0.25) is 9.59 Å². The zero-order valence-corrected chi connectivity index (χ0v) is 8.04. The lowest BCUT2D eigenvalue weighted by Crippen LogP contribution is -2.26. The first-order valence-corrected chi connectivity index (χ1v) is 4.12. The molecule has 0 fully saturated rings. The molecular weight excluding hydrogens is 172 g/mol. The van der Waals surface area contributed by atoms with Crippen molar-refractivity contribution in [3.63, 3.8) is 0 Å². The summed E-state index contributed by atoms with van der Waals surface area (Å²) in [6.45, 7) is 3.62. The Morgan fingerprint density at radius 1 is 1.23 bits per heavy atom. The molecule has 0 saturated heterocycles. The SMILES string of the molecule is [CH2]CCCC(C(=O)OC)C(=O)OC. The van der Waals surface area contributed by atoms with Gasteiger partial charge < -0.3 is 9.47 Å². The quantitative estimate of drug-likeness (QED) is 0.475. The van der Waals surface area contributed by atoms with Crippen LogP contribution in [-0.4, -0.2) is 26.2 Å². The average molecular weight is 187 g/mol. The van der Waals surface area contributed by atoms with E-state index in [-0.39, 0.29) is 0 Å². The van der Waals surface area contributed by atoms with Crippen LogP contribution in [0.2, 0.25) is 0 Å². The molecule has 0 bridgehead atoms. The molecule has 0 aromatic heterocycles. The molecule has 0 amide bonds. The van der Waals surface area contributed by atoms with Crippen LogP contribution in [0.25, 0.3) is 0 Å². The minimum atomic E-state index is -0.795. The molecule has 0 aliphatic heterocycles. The van der Waals surface area contributed by atoms with Crippen LogP contribution in [0, 0.1) is 12.8 Å². The summed E-state index contributed by atoms with van der Waals surface area (Å²) in [7, 11) is 2.50. The van der Waals surface area contributed by atoms with E-state index in [1.54, 1.807) is 0 Å². The lowest BCUT2D eigenvalue weighted by molar-refractivity contribution is -0.159. The van der Waals surface area contributed by atoms with E-state index >= 15 is 0 Å². The second kappa shape index (κ2) is 6.46. The van der Waals surface area contributed by atoms with E-state index in [1.807, 2.05) is 0 Å². The first kappa shape index (κ1) is 11.9. The number of carbonyl (C=O) groups is 2. The standard InChI is InChI=1S/C9H15O4/c1-4-5-6-7(8(10)12-2)9(11)13-3/h7H,1,4-6H2,2-3H3. The van der Waals surface area contributed by atoms with Gasteiger partial charge in [0.25, 0.3) is 0 Å². The normalized spacial score (nSPS) is 9.85. The van der Waals surface area contributed by atoms with Gasteiger partial charge in [-0.25, -0.2) is 0 Å². The third kappa shape index (κ3) is 3.92. The molecule has 4 heteroatoms. The lowest BCUT2D eigenvalue weighted by Gasteiger charge is -2.10. The molecule has 0 saturated carbocycles. The number of rotatable bonds is 5. The summed E-state index contributed by atoms with van der Waals surface area (Å²) in [5, 5.41) is 0. The minimum absolute atomic E-state index is 0.433. The molecular formula is C9H15O4. The fourth-order valence-corrected chi connectivity index (χ4v) is 0.965. The fraction of sp³-hybridized carbons (Fsp3) is 0.667. The van der Waals surface area contributed by atoms with E-state index in [1.165, 1.54) is 14.2 Å². The van der Waals surface area contributed by atoms with Gasteiger partial charge >= 0.3 is 11.9 Å². The third-order valence-electron chi connectivity index (χ3n) is 1.71. The summed E-state index contributed by atoms with van der Waals surface area (Å²) in [5.41, 5.74) is 0. The van der Waals surface area contributed by atoms with Gasteiger partial charge in [-0.2, -0.15) is 0 Å². The monoisotopic (exact) mass is 187 g/mol. The van der Waals surface area contributed by atoms with Crippen LogP contribution in [0.3, 0.4) is 0 Å². The van der Waals surface area contributed by atoms with Gasteiger partial charge in [-0.15, -0.1) is 0 Å². The van der Waals surface area contributed by atoms with Gasteiger partial charge in [0.2, 0.25) is 0 Å². The van der Waals surface area contributed by atoms with Crippen LogP contribution < -0.4 is 0 Å². The molecule has 0 unspecified atom stereocenters. The summed E-state index contributed by atoms with van der Waals surface area (Å²) >= 11 is 0. The predicted molar refractivity (Wildman–Crippen MR) is 46.7 cm³/mol. The summed E-state index contributed by atoms with van der Waals surface area (Å²) in [6.07, 6.45) is 1.82. The molecule has 0 heterocycles. The molecule has 1 radical (unpaired) electrons. The Bertz CT molecular complexity index is 160. The Hall–Kier alpha value is -1.06. The van der Waals surface area contributed by atoms with Crippen molar-refractivity contribution < 1.29 is 19.1 Å². The number of hydrogen-bond acceptors (Lipinski definition) is 4. The molecule has 0 N–H and O–H groups in total. The average Bonchev–Trinajstić information content (AvgIpc) is 2.17. The van der Waals surface area contributed by atoms with Crippen LogP contribution in [-0.2, 0) is 19.1 Å². The summed E-state index contributed by atoms with van der Waals surface area (Å²) in [5.74, 6) is -1.88. The lowest BCUT2D eigenvalue weighted by atomic mass is 10.0. The number of unbranched alkanes of at least 4 members (excludes halogenated alkanes) is 1. The molecule has 13 heavy (non-hydrogen) atoms. The maximum atomic E-state index is 11.1. The van der Waals surface area contributed by atoms with Crippen LogP contribution in [0.5, 0.6) is 0 Å². The molecule has 0 aromatic carbocycles. The molecule has 0 aliphatic carbocycles. The highest BCUT2D eigenvalue weighted by Gasteiger charge is 2.27. The first-order valence-electron chi connectivity index (χ1n) is 4.12. The second-order valence-electron chi connectivity index (χ2n) is 2.59. The maximum Gasteiger partial charge on any atom is 0.320 e. The van der Waals surface area contributed by atoms with Crippen LogP contribution in [0.4, 0.5) is 0 Å². The Morgan fingerprint density at radius 2 is 1.69 bits per heavy atom. The second-order valence-corrected chi connectivity index (χ2v) is 2.59. The van der Waals surface area contributed by atoms with E-state index < -0.39 is 17.9 Å². The Labute approximate surface area is 78.2 Å². The van der Waals surface area contributed by atoms with Crippen molar-refractivity contribution in [3.05, 3.63) is 6.92 Å². The zero-order chi connectivity index (χ0) is 10.3. The van der Waals surface area contributed by atoms with Gasteiger partial charge in [0.05, 0.1) is 14.2 Å². The van der Waals surface area contributed by atoms with E-state index in [0.29, 0.717) is 19.3 Å². The third-order valence-corrected chi connectivity index (χ3v) is 1.71. The highest BCUT2D eigenvalue weighted by Crippen LogP contribution is 2.11. The maximum absolute atomic E-state index is 11.1. The molecule has 75 valence electrons. The van der Waals surface area contributed by atoms with Gasteiger partial charge in [0, 0.05) is 0 Å². The van der Waals surface area contributed by atoms with Crippen LogP contribution >= 0.6 is 0 Å². The number of ether oxygens (including phenoxy) is 2. The summed E-state index contributed by atoms with van der Waals surface area (Å²) in [6, 6.07) is 0. The predicted octanol–water partition coefficient (Wildman–Crippen LogP) is 0.953. The fourth-order valence-electron chi connectivity index (χ4n) is 0.965. The first-order chi connectivity index (χ1) is 6.17. The number of methoxy groups -OCH3 is 2. The molecule has 0 spiro atoms. The van der Waals surface area contributed by atoms with E-state index in [4.69, 9.17) is 0 Å². The molecule has 0 atom stereocenters. The summed E-state index contributed by atoms with van der Waals surface area (Å²) < 4.78 is 8.94. The highest BCUT2D eigenvalue weighted by molar-refractivity contribution is 5.94. The van der Waals surface area contributed by atoms with Crippen molar-refractivity contribution in [3.8, 4) is 0 Å². The van der Waals surface area contributed by atoms with E-state index in [2.05, 4.69) is 16.4 Å². The van der Waals surface area contributed by atoms with Gasteiger partial charge in [0.1, 0.15) is 0 Å². The van der Waals surface area contributed by atoms with Crippen molar-refractivity contribution >= 4 is 11.9 Å². The molecule has 0 rings (SSSR count). The van der Waals surface area contributed by atoms with E-state index in [9.17, 15) is 9.59 Å². The number of esters is 2. The van der Waals surface area contributed by atoms with Crippen molar-refractivity contribution in [1.29, 1.82) is 0 Å². The van der Waals surface area contributed by atoms with Crippen molar-refractivity contribution in [2.75, 3.05) is 14.2 Å². The Kier molecular flexibility index (Phi) is 5.93. The zero-order valence-electron chi connectivity index (χ0n) is 8.04. The minimum Gasteiger partial charge on any atom is -0.468 e. The summed E-state index contributed by atoms with van der Waals surface area (Å²) in [4.78, 5) is 22.1. The number of hydrogen-bond donors (Lipinski definition) is 0.